The van der Waals surface area contributed by atoms with Gasteiger partial charge in [-0.05, 0) is 36.7 Å². The number of hydrogen-bond acceptors (Lipinski definition) is 6. The molecule has 8 nitrogen and oxygen atoms in total. The number of nitrogens with one attached hydrogen (secondary N) is 1. The van der Waals surface area contributed by atoms with Crippen LogP contribution >= 0.6 is 11.8 Å². The lowest BCUT2D eigenvalue weighted by Gasteiger charge is -2.16. The van der Waals surface area contributed by atoms with Gasteiger partial charge in [0.25, 0.3) is 11.1 Å². The Balaban J connectivity index is 1.30. The van der Waals surface area contributed by atoms with Crippen molar-refractivity contribution in [2.45, 2.75) is 12.8 Å². The van der Waals surface area contributed by atoms with Crippen LogP contribution in [0.15, 0.2) is 41.3 Å². The number of allylic oxidation sites excluding steroid dienone is 2. The number of fused-ring (bicyclic) bond motifs is 1. The quantitative estimate of drug-likeness (QED) is 0.398. The lowest BCUT2D eigenvalue weighted by molar-refractivity contribution is -0.143. The molecular formula is C22H20FN3O5S. The molecule has 0 saturated carbocycles. The number of thioether (sulfide) groups is 1. The molecule has 32 heavy (non-hydrogen) atoms. The van der Waals surface area contributed by atoms with Crippen LogP contribution in [0.1, 0.15) is 18.4 Å². The average Bonchev–Trinajstić information content (AvgIpc) is 3.18. The molecule has 0 bridgehead atoms. The van der Waals surface area contributed by atoms with Gasteiger partial charge in [-0.25, -0.2) is 4.39 Å². The molecule has 166 valence electrons. The molecule has 5 amide bonds. The fraction of sp³-hybridized carbons (Fsp3) is 0.318. The summed E-state index contributed by atoms with van der Waals surface area (Å²) in [6.07, 6.45) is 6.04. The largest absolute Gasteiger partial charge is 0.353 e. The second-order valence-corrected chi connectivity index (χ2v) is 8.62. The van der Waals surface area contributed by atoms with E-state index in [4.69, 9.17) is 0 Å². The number of amides is 5. The molecule has 2 fully saturated rings. The van der Waals surface area contributed by atoms with E-state index in [-0.39, 0.29) is 41.9 Å². The molecule has 10 heteroatoms. The van der Waals surface area contributed by atoms with Gasteiger partial charge in [0.15, 0.2) is 0 Å². The van der Waals surface area contributed by atoms with Crippen molar-refractivity contribution in [3.05, 3.63) is 52.7 Å². The number of halogens is 1. The van der Waals surface area contributed by atoms with Gasteiger partial charge < -0.3 is 5.32 Å². The van der Waals surface area contributed by atoms with Gasteiger partial charge in [-0.15, -0.1) is 0 Å². The van der Waals surface area contributed by atoms with E-state index in [1.54, 1.807) is 6.07 Å². The molecule has 0 radical (unpaired) electrons. The first-order chi connectivity index (χ1) is 15.4. The fourth-order valence-electron chi connectivity index (χ4n) is 3.96. The van der Waals surface area contributed by atoms with E-state index in [1.165, 1.54) is 24.3 Å². The van der Waals surface area contributed by atoms with Gasteiger partial charge in [0.2, 0.25) is 17.7 Å². The molecule has 1 aromatic carbocycles. The Labute approximate surface area is 187 Å². The van der Waals surface area contributed by atoms with E-state index >= 15 is 0 Å². The molecule has 1 N–H and O–H groups in total. The predicted octanol–water partition coefficient (Wildman–Crippen LogP) is 1.93. The Morgan fingerprint density at radius 1 is 1.06 bits per heavy atom. The summed E-state index contributed by atoms with van der Waals surface area (Å²) in [5, 5.41) is 2.02. The zero-order chi connectivity index (χ0) is 22.8. The summed E-state index contributed by atoms with van der Waals surface area (Å²) < 4.78 is 13.8. The van der Waals surface area contributed by atoms with Gasteiger partial charge in [0.05, 0.1) is 16.7 Å². The van der Waals surface area contributed by atoms with Crippen LogP contribution in [-0.2, 0) is 19.2 Å². The molecule has 4 rings (SSSR count). The second kappa shape index (κ2) is 9.07. The molecule has 0 aromatic heterocycles. The molecule has 0 unspecified atom stereocenters. The van der Waals surface area contributed by atoms with Crippen molar-refractivity contribution in [3.63, 3.8) is 0 Å². The third-order valence-electron chi connectivity index (χ3n) is 5.62. The summed E-state index contributed by atoms with van der Waals surface area (Å²) >= 11 is 0.698. The van der Waals surface area contributed by atoms with Gasteiger partial charge in [-0.3, -0.25) is 33.8 Å². The molecule has 2 saturated heterocycles. The average molecular weight is 457 g/mol. The molecule has 1 aromatic rings. The van der Waals surface area contributed by atoms with Crippen LogP contribution in [0.2, 0.25) is 0 Å². The first-order valence-electron chi connectivity index (χ1n) is 10.1. The van der Waals surface area contributed by atoms with E-state index in [9.17, 15) is 28.4 Å². The SMILES string of the molecule is O=C(CN1C(=O)[C@H]2CC=CC[C@H]2C1=O)NCCN1C(=O)S/C(=C\c2ccccc2F)C1=O. The van der Waals surface area contributed by atoms with Crippen LogP contribution in [0, 0.1) is 17.7 Å². The lowest BCUT2D eigenvalue weighted by atomic mass is 9.85. The highest BCUT2D eigenvalue weighted by atomic mass is 32.2. The molecule has 2 atom stereocenters. The number of hydrogen-bond donors (Lipinski definition) is 1. The minimum atomic E-state index is -0.570. The number of likely N-dealkylation sites (tertiary alicyclic amines) is 1. The lowest BCUT2D eigenvalue weighted by Crippen LogP contribution is -2.43. The zero-order valence-corrected chi connectivity index (χ0v) is 17.8. The highest BCUT2D eigenvalue weighted by Crippen LogP contribution is 2.35. The molecule has 1 aliphatic carbocycles. The predicted molar refractivity (Wildman–Crippen MR) is 114 cm³/mol. The maximum atomic E-state index is 13.8. The van der Waals surface area contributed by atoms with Crippen LogP contribution in [0.3, 0.4) is 0 Å². The van der Waals surface area contributed by atoms with E-state index in [0.717, 1.165) is 9.80 Å². The van der Waals surface area contributed by atoms with Gasteiger partial charge in [-0.1, -0.05) is 30.4 Å². The van der Waals surface area contributed by atoms with Gasteiger partial charge in [0, 0.05) is 18.7 Å². The Bertz CT molecular complexity index is 1040. The van der Waals surface area contributed by atoms with Crippen molar-refractivity contribution in [2.24, 2.45) is 11.8 Å². The van der Waals surface area contributed by atoms with Crippen LogP contribution in [0.4, 0.5) is 9.18 Å². The first kappa shape index (κ1) is 21.9. The maximum absolute atomic E-state index is 13.8. The number of carbonyl (C=O) groups is 5. The van der Waals surface area contributed by atoms with Crippen molar-refractivity contribution in [1.82, 2.24) is 15.1 Å². The van der Waals surface area contributed by atoms with Crippen molar-refractivity contribution in [2.75, 3.05) is 19.6 Å². The Kier molecular flexibility index (Phi) is 6.22. The topological polar surface area (TPSA) is 104 Å². The van der Waals surface area contributed by atoms with Crippen molar-refractivity contribution >= 4 is 46.7 Å². The maximum Gasteiger partial charge on any atom is 0.293 e. The highest BCUT2D eigenvalue weighted by molar-refractivity contribution is 8.18. The van der Waals surface area contributed by atoms with Crippen LogP contribution in [0.5, 0.6) is 0 Å². The fourth-order valence-corrected chi connectivity index (χ4v) is 4.81. The van der Waals surface area contributed by atoms with Gasteiger partial charge in [0.1, 0.15) is 12.4 Å². The van der Waals surface area contributed by atoms with E-state index in [0.29, 0.717) is 24.6 Å². The summed E-state index contributed by atoms with van der Waals surface area (Å²) in [6, 6.07) is 5.90. The van der Waals surface area contributed by atoms with Gasteiger partial charge >= 0.3 is 0 Å². The summed E-state index contributed by atoms with van der Waals surface area (Å²) in [7, 11) is 0. The minimum Gasteiger partial charge on any atom is -0.353 e. The second-order valence-electron chi connectivity index (χ2n) is 7.62. The Morgan fingerprint density at radius 2 is 1.72 bits per heavy atom. The molecular weight excluding hydrogens is 437 g/mol. The Morgan fingerprint density at radius 3 is 2.38 bits per heavy atom. The summed E-state index contributed by atoms with van der Waals surface area (Å²) in [5.74, 6) is -3.12. The zero-order valence-electron chi connectivity index (χ0n) is 17.0. The van der Waals surface area contributed by atoms with Crippen molar-refractivity contribution in [3.8, 4) is 0 Å². The molecule has 3 aliphatic rings. The summed E-state index contributed by atoms with van der Waals surface area (Å²) in [4.78, 5) is 63.8. The summed E-state index contributed by atoms with van der Waals surface area (Å²) in [5.41, 5.74) is 0.196. The number of imide groups is 2. The van der Waals surface area contributed by atoms with E-state index in [1.807, 2.05) is 12.2 Å². The smallest absolute Gasteiger partial charge is 0.293 e. The third kappa shape index (κ3) is 4.22. The standard InChI is InChI=1S/C22H20FN3O5S/c23-16-8-4-1-5-13(16)11-17-21(30)25(22(31)32-17)10-9-24-18(27)12-26-19(28)14-6-2-3-7-15(14)20(26)29/h1-5,8,11,14-15H,6-7,9-10,12H2,(H,24,27)/b17-11-/t14-,15+. The van der Waals surface area contributed by atoms with Crippen molar-refractivity contribution < 1.29 is 28.4 Å². The molecule has 0 spiro atoms. The highest BCUT2D eigenvalue weighted by Gasteiger charge is 2.47. The number of rotatable bonds is 6. The normalized spacial score (nSPS) is 24.0. The van der Waals surface area contributed by atoms with E-state index in [2.05, 4.69) is 5.32 Å². The van der Waals surface area contributed by atoms with E-state index < -0.39 is 34.7 Å². The Hall–Kier alpha value is -3.27. The molecule has 2 aliphatic heterocycles. The van der Waals surface area contributed by atoms with Crippen LogP contribution in [0.25, 0.3) is 6.08 Å². The van der Waals surface area contributed by atoms with Crippen LogP contribution in [-0.4, -0.2) is 58.3 Å². The summed E-state index contributed by atoms with van der Waals surface area (Å²) in [6.45, 7) is -0.504. The number of benzene rings is 1. The first-order valence-corrected chi connectivity index (χ1v) is 11.0. The monoisotopic (exact) mass is 457 g/mol. The number of carbonyl (C=O) groups excluding carboxylic acids is 5. The molecule has 2 heterocycles. The van der Waals surface area contributed by atoms with Gasteiger partial charge in [-0.2, -0.15) is 0 Å². The number of nitrogens with zero attached hydrogens (tertiary/aromatic N) is 2. The van der Waals surface area contributed by atoms with Crippen LogP contribution < -0.4 is 5.32 Å². The third-order valence-corrected chi connectivity index (χ3v) is 6.53. The minimum absolute atomic E-state index is 0.0332. The van der Waals surface area contributed by atoms with Crippen molar-refractivity contribution in [1.29, 1.82) is 0 Å².